The number of anilines is 4. The molecule has 0 radical (unpaired) electrons. The summed E-state index contributed by atoms with van der Waals surface area (Å²) in [6.45, 7) is 4.72. The Kier molecular flexibility index (Phi) is 9.25. The van der Waals surface area contributed by atoms with Crippen LogP contribution < -0.4 is 20.4 Å². The Labute approximate surface area is 251 Å². The van der Waals surface area contributed by atoms with E-state index in [4.69, 9.17) is 9.15 Å². The minimum Gasteiger partial charge on any atom is -0.417 e. The first-order valence-electron chi connectivity index (χ1n) is 14.2. The van der Waals surface area contributed by atoms with Gasteiger partial charge in [-0.05, 0) is 37.0 Å². The smallest absolute Gasteiger partial charge is 0.417 e. The summed E-state index contributed by atoms with van der Waals surface area (Å²) in [5.74, 6) is -1.13. The van der Waals surface area contributed by atoms with Gasteiger partial charge in [0.15, 0.2) is 12.0 Å². The number of hydrogen-bond acceptors (Lipinski definition) is 9. The highest BCUT2D eigenvalue weighted by molar-refractivity contribution is 6.03. The van der Waals surface area contributed by atoms with Crippen LogP contribution in [0.2, 0.25) is 0 Å². The molecular formula is C29H34F3N7O5. The second-order valence-electron chi connectivity index (χ2n) is 10.8. The number of halogens is 3. The number of piperidine rings is 1. The van der Waals surface area contributed by atoms with Gasteiger partial charge in [0.1, 0.15) is 5.82 Å². The monoisotopic (exact) mass is 617 g/mol. The van der Waals surface area contributed by atoms with Crippen LogP contribution in [0.4, 0.5) is 41.2 Å². The Morgan fingerprint density at radius 3 is 2.48 bits per heavy atom. The summed E-state index contributed by atoms with van der Waals surface area (Å²) in [6, 6.07) is 9.45. The fourth-order valence-corrected chi connectivity index (χ4v) is 5.27. The number of nitrogens with one attached hydrogen (secondary N) is 2. The predicted molar refractivity (Wildman–Crippen MR) is 156 cm³/mol. The summed E-state index contributed by atoms with van der Waals surface area (Å²) in [6.07, 6.45) is -2.94. The molecule has 0 bridgehead atoms. The lowest BCUT2D eigenvalue weighted by Gasteiger charge is -2.35. The van der Waals surface area contributed by atoms with Crippen LogP contribution in [0, 0.1) is 5.92 Å². The third-order valence-electron chi connectivity index (χ3n) is 7.61. The van der Waals surface area contributed by atoms with E-state index < -0.39 is 29.8 Å². The topological polar surface area (TPSA) is 136 Å². The lowest BCUT2D eigenvalue weighted by Crippen LogP contribution is -2.50. The second kappa shape index (κ2) is 13.1. The number of methoxy groups -OCH3 is 1. The van der Waals surface area contributed by atoms with Crippen LogP contribution in [0.15, 0.2) is 47.0 Å². The Balaban J connectivity index is 1.18. The number of hydrogen-bond donors (Lipinski definition) is 3. The molecule has 236 valence electrons. The van der Waals surface area contributed by atoms with Gasteiger partial charge in [0, 0.05) is 51.9 Å². The highest BCUT2D eigenvalue weighted by atomic mass is 19.4. The highest BCUT2D eigenvalue weighted by Crippen LogP contribution is 2.35. The number of rotatable bonds is 7. The first kappa shape index (κ1) is 31.1. The number of benzene rings is 1. The van der Waals surface area contributed by atoms with Crippen LogP contribution >= 0.6 is 0 Å². The molecule has 5 rings (SSSR count). The molecule has 2 aliphatic heterocycles. The molecular weight excluding hydrogens is 583 g/mol. The molecule has 15 heteroatoms. The molecule has 0 spiro atoms. The Bertz CT molecular complexity index is 1460. The first-order valence-corrected chi connectivity index (χ1v) is 14.2. The molecule has 0 aliphatic carbocycles. The van der Waals surface area contributed by atoms with Crippen molar-refractivity contribution in [2.24, 2.45) is 5.92 Å². The molecule has 12 nitrogen and oxygen atoms in total. The van der Waals surface area contributed by atoms with Crippen molar-refractivity contribution in [3.05, 3.63) is 59.6 Å². The molecule has 2 saturated heterocycles. The Morgan fingerprint density at radius 2 is 1.82 bits per heavy atom. The molecule has 3 N–H and O–H groups in total. The molecule has 2 fully saturated rings. The number of amides is 3. The Hall–Kier alpha value is -4.37. The fraction of sp³-hybridized carbons (Fsp3) is 0.448. The second-order valence-corrected chi connectivity index (χ2v) is 10.8. The number of nitrogens with zero attached hydrogens (tertiary/aromatic N) is 5. The number of para-hydroxylation sites is 1. The summed E-state index contributed by atoms with van der Waals surface area (Å²) in [7, 11) is 1.36. The van der Waals surface area contributed by atoms with E-state index in [0.29, 0.717) is 56.3 Å². The third-order valence-corrected chi connectivity index (χ3v) is 7.61. The van der Waals surface area contributed by atoms with E-state index in [0.717, 1.165) is 12.8 Å². The number of aromatic nitrogens is 2. The maximum atomic E-state index is 13.7. The zero-order valence-corrected chi connectivity index (χ0v) is 24.3. The van der Waals surface area contributed by atoms with Crippen LogP contribution in [-0.2, 0) is 10.9 Å². The zero-order chi connectivity index (χ0) is 31.4. The normalized spacial score (nSPS) is 18.2. The lowest BCUT2D eigenvalue weighted by molar-refractivity contribution is -0.141. The van der Waals surface area contributed by atoms with Gasteiger partial charge in [0.2, 0.25) is 5.76 Å². The highest BCUT2D eigenvalue weighted by Gasteiger charge is 2.42. The van der Waals surface area contributed by atoms with Crippen LogP contribution in [0.5, 0.6) is 0 Å². The van der Waals surface area contributed by atoms with Gasteiger partial charge >= 0.3 is 12.2 Å². The minimum atomic E-state index is -4.87. The van der Waals surface area contributed by atoms with Crippen molar-refractivity contribution in [2.45, 2.75) is 32.2 Å². The van der Waals surface area contributed by atoms with Crippen molar-refractivity contribution >= 4 is 35.1 Å². The lowest BCUT2D eigenvalue weighted by atomic mass is 10.0. The number of aliphatic hydroxyl groups excluding tert-OH is 1. The number of ether oxygens (including phenoxy) is 1. The van der Waals surface area contributed by atoms with E-state index in [9.17, 15) is 27.9 Å². The molecule has 2 aliphatic rings. The van der Waals surface area contributed by atoms with Crippen LogP contribution in [0.3, 0.4) is 0 Å². The summed E-state index contributed by atoms with van der Waals surface area (Å²) >= 11 is 0. The van der Waals surface area contributed by atoms with Crippen molar-refractivity contribution < 1.29 is 37.0 Å². The van der Waals surface area contributed by atoms with Crippen molar-refractivity contribution in [1.82, 2.24) is 14.9 Å². The molecule has 3 amide bonds. The van der Waals surface area contributed by atoms with Gasteiger partial charge in [0.25, 0.3) is 11.9 Å². The number of carbonyl (C=O) groups is 2. The summed E-state index contributed by atoms with van der Waals surface area (Å²) in [5, 5.41) is 15.3. The number of alkyl halides is 3. The van der Waals surface area contributed by atoms with Crippen LogP contribution in [0.25, 0.3) is 0 Å². The average molecular weight is 618 g/mol. The van der Waals surface area contributed by atoms with Gasteiger partial charge in [0.05, 0.1) is 17.6 Å². The molecule has 4 heterocycles. The molecule has 44 heavy (non-hydrogen) atoms. The van der Waals surface area contributed by atoms with Crippen molar-refractivity contribution in [1.29, 1.82) is 0 Å². The average Bonchev–Trinajstić information content (AvgIpc) is 3.48. The van der Waals surface area contributed by atoms with Gasteiger partial charge in [-0.15, -0.1) is 0 Å². The largest absolute Gasteiger partial charge is 0.437 e. The maximum absolute atomic E-state index is 13.7. The van der Waals surface area contributed by atoms with Crippen LogP contribution in [-0.4, -0.2) is 78.3 Å². The van der Waals surface area contributed by atoms with Crippen molar-refractivity contribution in [2.75, 3.05) is 66.8 Å². The number of carbonyl (C=O) groups excluding carboxylic acids is 2. The molecule has 2 atom stereocenters. The number of aliphatic hydroxyl groups is 1. The molecule has 3 aromatic rings. The standard InChI is InChI=1S/C29H34F3N7O5/c1-18-6-5-11-39(17-18)28-36-24(29(30,31)32)23(44-28)25(40)34-19-9-10-22(33-16-19)37-12-14-38(15-13-37)27(42)35-21-8-4-3-7-20(21)26(41)43-2/h3-4,7-10,16,18,26,41H,5-6,11-15,17H2,1-2H3,(H,34,40)(H,35,42). The van der Waals surface area contributed by atoms with Gasteiger partial charge in [-0.2, -0.15) is 18.2 Å². The fourth-order valence-electron chi connectivity index (χ4n) is 5.27. The SMILES string of the molecule is COC(O)c1ccccc1NC(=O)N1CCN(c2ccc(NC(=O)c3oc(N4CCCC(C)C4)nc3C(F)(F)F)cn2)CC1. The van der Waals surface area contributed by atoms with Crippen molar-refractivity contribution in [3.8, 4) is 0 Å². The number of pyridine rings is 1. The third kappa shape index (κ3) is 7.05. The van der Waals surface area contributed by atoms with E-state index in [1.54, 1.807) is 40.1 Å². The predicted octanol–water partition coefficient (Wildman–Crippen LogP) is 4.57. The quantitative estimate of drug-likeness (QED) is 0.326. The zero-order valence-electron chi connectivity index (χ0n) is 24.3. The molecule has 0 saturated carbocycles. The summed E-state index contributed by atoms with van der Waals surface area (Å²) < 4.78 is 51.5. The molecule has 1 aromatic carbocycles. The van der Waals surface area contributed by atoms with Crippen molar-refractivity contribution in [3.63, 3.8) is 0 Å². The van der Waals surface area contributed by atoms with Crippen LogP contribution in [0.1, 0.15) is 47.9 Å². The van der Waals surface area contributed by atoms with Gasteiger partial charge in [-0.1, -0.05) is 25.1 Å². The Morgan fingerprint density at radius 1 is 1.07 bits per heavy atom. The summed E-state index contributed by atoms with van der Waals surface area (Å²) in [5.41, 5.74) is -0.300. The van der Waals surface area contributed by atoms with E-state index in [-0.39, 0.29) is 23.7 Å². The summed E-state index contributed by atoms with van der Waals surface area (Å²) in [4.78, 5) is 38.9. The molecule has 2 aromatic heterocycles. The number of urea groups is 1. The van der Waals surface area contributed by atoms with E-state index in [1.807, 2.05) is 11.8 Å². The number of oxazole rings is 1. The number of piperazine rings is 1. The first-order chi connectivity index (χ1) is 21.0. The van der Waals surface area contributed by atoms with Gasteiger partial charge < -0.3 is 39.6 Å². The maximum Gasteiger partial charge on any atom is 0.437 e. The molecule has 2 unspecified atom stereocenters. The van der Waals surface area contributed by atoms with E-state index in [1.165, 1.54) is 19.4 Å². The van der Waals surface area contributed by atoms with Gasteiger partial charge in [-0.3, -0.25) is 4.79 Å². The minimum absolute atomic E-state index is 0.186. The van der Waals surface area contributed by atoms with E-state index in [2.05, 4.69) is 20.6 Å². The van der Waals surface area contributed by atoms with Gasteiger partial charge in [-0.25, -0.2) is 9.78 Å². The van der Waals surface area contributed by atoms with E-state index >= 15 is 0 Å².